The highest BCUT2D eigenvalue weighted by molar-refractivity contribution is 6.00. The smallest absolute Gasteiger partial charge is 0.227 e. The van der Waals surface area contributed by atoms with Gasteiger partial charge in [0.2, 0.25) is 11.8 Å². The van der Waals surface area contributed by atoms with Gasteiger partial charge < -0.3 is 15.0 Å². The third kappa shape index (κ3) is 3.72. The van der Waals surface area contributed by atoms with Crippen molar-refractivity contribution in [1.29, 1.82) is 0 Å². The standard InChI is InChI=1S/C18H24N2O3/c1-12-6-13(2)8-15(7-12)20-11-14(9-17(20)21)18(22)19-10-16-4-3-5-23-16/h6-8,14,16H,3-5,9-11H2,1-2H3,(H,19,22)/t14-,16-/m1/s1. The van der Waals surface area contributed by atoms with Gasteiger partial charge in [-0.1, -0.05) is 6.07 Å². The molecule has 2 heterocycles. The first-order chi connectivity index (χ1) is 11.0. The number of amides is 2. The molecule has 2 atom stereocenters. The quantitative estimate of drug-likeness (QED) is 0.924. The highest BCUT2D eigenvalue weighted by atomic mass is 16.5. The van der Waals surface area contributed by atoms with Crippen LogP contribution in [0.15, 0.2) is 18.2 Å². The van der Waals surface area contributed by atoms with E-state index in [1.54, 1.807) is 4.90 Å². The van der Waals surface area contributed by atoms with E-state index in [4.69, 9.17) is 4.74 Å². The number of carbonyl (C=O) groups is 2. The molecule has 2 aliphatic rings. The topological polar surface area (TPSA) is 58.6 Å². The van der Waals surface area contributed by atoms with E-state index in [1.165, 1.54) is 0 Å². The molecule has 3 rings (SSSR count). The third-order valence-electron chi connectivity index (χ3n) is 4.54. The highest BCUT2D eigenvalue weighted by Crippen LogP contribution is 2.27. The Hall–Kier alpha value is -1.88. The fourth-order valence-electron chi connectivity index (χ4n) is 3.40. The van der Waals surface area contributed by atoms with E-state index in [1.807, 2.05) is 26.0 Å². The largest absolute Gasteiger partial charge is 0.376 e. The van der Waals surface area contributed by atoms with Crippen molar-refractivity contribution in [2.45, 2.75) is 39.2 Å². The lowest BCUT2D eigenvalue weighted by Gasteiger charge is -2.18. The Morgan fingerprint density at radius 2 is 2.04 bits per heavy atom. The Bertz CT molecular complexity index is 588. The van der Waals surface area contributed by atoms with Crippen LogP contribution in [-0.2, 0) is 14.3 Å². The molecular weight excluding hydrogens is 292 g/mol. The molecule has 0 aromatic heterocycles. The summed E-state index contributed by atoms with van der Waals surface area (Å²) in [6.45, 7) is 5.82. The Balaban J connectivity index is 1.61. The normalized spacial score (nSPS) is 24.3. The minimum Gasteiger partial charge on any atom is -0.376 e. The number of anilines is 1. The number of hydrogen-bond acceptors (Lipinski definition) is 3. The minimum absolute atomic E-state index is 0.0206. The average Bonchev–Trinajstić information content (AvgIpc) is 3.13. The van der Waals surface area contributed by atoms with Gasteiger partial charge in [-0.3, -0.25) is 9.59 Å². The van der Waals surface area contributed by atoms with Gasteiger partial charge in [-0.05, 0) is 49.9 Å². The minimum atomic E-state index is -0.273. The van der Waals surface area contributed by atoms with Gasteiger partial charge >= 0.3 is 0 Å². The summed E-state index contributed by atoms with van der Waals surface area (Å²) in [4.78, 5) is 26.3. The molecule has 1 aromatic carbocycles. The van der Waals surface area contributed by atoms with Crippen molar-refractivity contribution >= 4 is 17.5 Å². The van der Waals surface area contributed by atoms with Gasteiger partial charge in [0, 0.05) is 31.8 Å². The predicted octanol–water partition coefficient (Wildman–Crippen LogP) is 1.95. The van der Waals surface area contributed by atoms with Crippen LogP contribution < -0.4 is 10.2 Å². The van der Waals surface area contributed by atoms with E-state index in [0.29, 0.717) is 13.1 Å². The summed E-state index contributed by atoms with van der Waals surface area (Å²) < 4.78 is 5.51. The van der Waals surface area contributed by atoms with E-state index in [2.05, 4.69) is 11.4 Å². The van der Waals surface area contributed by atoms with Crippen molar-refractivity contribution < 1.29 is 14.3 Å². The first-order valence-electron chi connectivity index (χ1n) is 8.31. The molecule has 0 aliphatic carbocycles. The van der Waals surface area contributed by atoms with E-state index < -0.39 is 0 Å². The fourth-order valence-corrected chi connectivity index (χ4v) is 3.40. The third-order valence-corrected chi connectivity index (χ3v) is 4.54. The Kier molecular flexibility index (Phi) is 4.66. The second-order valence-electron chi connectivity index (χ2n) is 6.63. The summed E-state index contributed by atoms with van der Waals surface area (Å²) in [6.07, 6.45) is 2.47. The van der Waals surface area contributed by atoms with Crippen LogP contribution >= 0.6 is 0 Å². The number of benzene rings is 1. The van der Waals surface area contributed by atoms with Crippen LogP contribution in [0.2, 0.25) is 0 Å². The van der Waals surface area contributed by atoms with Crippen LogP contribution in [0.4, 0.5) is 5.69 Å². The summed E-state index contributed by atoms with van der Waals surface area (Å²) in [5.41, 5.74) is 3.14. The zero-order valence-corrected chi connectivity index (χ0v) is 13.8. The van der Waals surface area contributed by atoms with Crippen molar-refractivity contribution in [3.05, 3.63) is 29.3 Å². The van der Waals surface area contributed by atoms with Crippen LogP contribution in [0.3, 0.4) is 0 Å². The molecule has 2 amide bonds. The van der Waals surface area contributed by atoms with Gasteiger partial charge in [0.25, 0.3) is 0 Å². The number of aryl methyl sites for hydroxylation is 2. The van der Waals surface area contributed by atoms with Gasteiger partial charge in [-0.2, -0.15) is 0 Å². The first kappa shape index (κ1) is 16.0. The Morgan fingerprint density at radius 1 is 1.30 bits per heavy atom. The summed E-state index contributed by atoms with van der Waals surface area (Å²) in [6, 6.07) is 6.07. The molecule has 1 aromatic rings. The number of rotatable bonds is 4. The molecule has 2 saturated heterocycles. The zero-order chi connectivity index (χ0) is 16.4. The monoisotopic (exact) mass is 316 g/mol. The van der Waals surface area contributed by atoms with Crippen LogP contribution in [0.25, 0.3) is 0 Å². The lowest BCUT2D eigenvalue weighted by atomic mass is 10.1. The van der Waals surface area contributed by atoms with Crippen molar-refractivity contribution in [1.82, 2.24) is 5.32 Å². The zero-order valence-electron chi connectivity index (χ0n) is 13.8. The molecule has 0 spiro atoms. The molecule has 2 fully saturated rings. The van der Waals surface area contributed by atoms with Crippen molar-refractivity contribution in [3.8, 4) is 0 Å². The molecule has 1 N–H and O–H groups in total. The molecule has 0 unspecified atom stereocenters. The van der Waals surface area contributed by atoms with Gasteiger partial charge in [-0.15, -0.1) is 0 Å². The SMILES string of the molecule is Cc1cc(C)cc(N2C[C@H](C(=O)NC[C@H]3CCCO3)CC2=O)c1. The number of carbonyl (C=O) groups excluding carboxylic acids is 2. The molecule has 0 saturated carbocycles. The maximum absolute atomic E-state index is 12.3. The van der Waals surface area contributed by atoms with Crippen LogP contribution in [0.5, 0.6) is 0 Å². The molecule has 23 heavy (non-hydrogen) atoms. The predicted molar refractivity (Wildman–Crippen MR) is 88.4 cm³/mol. The van der Waals surface area contributed by atoms with E-state index in [-0.39, 0.29) is 30.3 Å². The van der Waals surface area contributed by atoms with Crippen molar-refractivity contribution in [2.24, 2.45) is 5.92 Å². The van der Waals surface area contributed by atoms with Crippen LogP contribution in [0, 0.1) is 19.8 Å². The summed E-state index contributed by atoms with van der Waals surface area (Å²) in [7, 11) is 0. The molecule has 2 aliphatic heterocycles. The molecule has 124 valence electrons. The molecule has 5 heteroatoms. The van der Waals surface area contributed by atoms with E-state index in [0.717, 1.165) is 36.3 Å². The van der Waals surface area contributed by atoms with Crippen LogP contribution in [0.1, 0.15) is 30.4 Å². The van der Waals surface area contributed by atoms with E-state index in [9.17, 15) is 9.59 Å². The van der Waals surface area contributed by atoms with E-state index >= 15 is 0 Å². The molecule has 5 nitrogen and oxygen atoms in total. The number of nitrogens with one attached hydrogen (secondary N) is 1. The molecule has 0 radical (unpaired) electrons. The number of ether oxygens (including phenoxy) is 1. The summed E-state index contributed by atoms with van der Waals surface area (Å²) >= 11 is 0. The second-order valence-corrected chi connectivity index (χ2v) is 6.63. The van der Waals surface area contributed by atoms with Crippen molar-refractivity contribution in [2.75, 3.05) is 24.6 Å². The molecule has 0 bridgehead atoms. The van der Waals surface area contributed by atoms with Gasteiger partial charge in [-0.25, -0.2) is 0 Å². The van der Waals surface area contributed by atoms with Gasteiger partial charge in [0.05, 0.1) is 12.0 Å². The average molecular weight is 316 g/mol. The summed E-state index contributed by atoms with van der Waals surface area (Å²) in [5.74, 6) is -0.294. The Labute approximate surface area is 137 Å². The van der Waals surface area contributed by atoms with Crippen LogP contribution in [-0.4, -0.2) is 37.6 Å². The lowest BCUT2D eigenvalue weighted by Crippen LogP contribution is -2.37. The highest BCUT2D eigenvalue weighted by Gasteiger charge is 2.35. The van der Waals surface area contributed by atoms with Gasteiger partial charge in [0.1, 0.15) is 0 Å². The maximum atomic E-state index is 12.3. The lowest BCUT2D eigenvalue weighted by molar-refractivity contribution is -0.126. The Morgan fingerprint density at radius 3 is 2.70 bits per heavy atom. The number of nitrogens with zero attached hydrogens (tertiary/aromatic N) is 1. The molecular formula is C18H24N2O3. The van der Waals surface area contributed by atoms with Gasteiger partial charge in [0.15, 0.2) is 0 Å². The maximum Gasteiger partial charge on any atom is 0.227 e. The number of hydrogen-bond donors (Lipinski definition) is 1. The second kappa shape index (κ2) is 6.71. The van der Waals surface area contributed by atoms with Crippen molar-refractivity contribution in [3.63, 3.8) is 0 Å². The first-order valence-corrected chi connectivity index (χ1v) is 8.31. The fraction of sp³-hybridized carbons (Fsp3) is 0.556. The summed E-state index contributed by atoms with van der Waals surface area (Å²) in [5, 5.41) is 2.94.